The fraction of sp³-hybridized carbons (Fsp3) is 0.364. The van der Waals surface area contributed by atoms with Crippen LogP contribution in [0.4, 0.5) is 0 Å². The van der Waals surface area contributed by atoms with Gasteiger partial charge in [0.05, 0.1) is 5.69 Å². The molecule has 1 aliphatic rings. The zero-order valence-electron chi connectivity index (χ0n) is 7.33. The zero-order chi connectivity index (χ0) is 8.39. The second kappa shape index (κ2) is 3.10. The summed E-state index contributed by atoms with van der Waals surface area (Å²) in [7, 11) is 0. The molecule has 1 aliphatic carbocycles. The summed E-state index contributed by atoms with van der Waals surface area (Å²) in [6.07, 6.45) is 8.56. The Kier molecular flexibility index (Phi) is 1.94. The molecule has 0 fully saturated rings. The van der Waals surface area contributed by atoms with E-state index in [0.717, 1.165) is 18.0 Å². The van der Waals surface area contributed by atoms with E-state index < -0.39 is 0 Å². The number of aromatic nitrogens is 1. The highest BCUT2D eigenvalue weighted by Gasteiger charge is 2.08. The predicted octanol–water partition coefficient (Wildman–Crippen LogP) is 2.68. The largest absolute Gasteiger partial charge is 0.257 e. The minimum Gasteiger partial charge on any atom is -0.257 e. The van der Waals surface area contributed by atoms with E-state index >= 15 is 0 Å². The first-order valence-corrected chi connectivity index (χ1v) is 4.46. The molecule has 0 amide bonds. The smallest absolute Gasteiger partial charge is 0.0658 e. The molecule has 62 valence electrons. The number of allylic oxidation sites excluding steroid dienone is 1. The van der Waals surface area contributed by atoms with Crippen molar-refractivity contribution in [3.8, 4) is 0 Å². The maximum absolute atomic E-state index is 4.33. The summed E-state index contributed by atoms with van der Waals surface area (Å²) in [5, 5.41) is 0. The van der Waals surface area contributed by atoms with Gasteiger partial charge < -0.3 is 0 Å². The number of hydrogen-bond donors (Lipinski definition) is 0. The van der Waals surface area contributed by atoms with Crippen LogP contribution in [-0.4, -0.2) is 4.98 Å². The highest BCUT2D eigenvalue weighted by atomic mass is 14.7. The van der Waals surface area contributed by atoms with Gasteiger partial charge in [-0.25, -0.2) is 0 Å². The van der Waals surface area contributed by atoms with Gasteiger partial charge in [0.25, 0.3) is 0 Å². The van der Waals surface area contributed by atoms with Crippen molar-refractivity contribution in [2.24, 2.45) is 5.92 Å². The highest BCUT2D eigenvalue weighted by Crippen LogP contribution is 2.20. The van der Waals surface area contributed by atoms with E-state index in [-0.39, 0.29) is 0 Å². The van der Waals surface area contributed by atoms with Crippen molar-refractivity contribution >= 4 is 6.08 Å². The Morgan fingerprint density at radius 2 is 2.42 bits per heavy atom. The predicted molar refractivity (Wildman–Crippen MR) is 50.8 cm³/mol. The van der Waals surface area contributed by atoms with E-state index in [0.29, 0.717) is 0 Å². The Hall–Kier alpha value is -1.11. The van der Waals surface area contributed by atoms with Gasteiger partial charge in [0.1, 0.15) is 0 Å². The van der Waals surface area contributed by atoms with Crippen molar-refractivity contribution in [1.82, 2.24) is 4.98 Å². The number of pyridine rings is 1. The van der Waals surface area contributed by atoms with Crippen LogP contribution < -0.4 is 0 Å². The number of nitrogens with zero attached hydrogens (tertiary/aromatic N) is 1. The molecule has 0 spiro atoms. The third-order valence-corrected chi connectivity index (χ3v) is 2.31. The van der Waals surface area contributed by atoms with Crippen molar-refractivity contribution in [1.29, 1.82) is 0 Å². The first-order valence-electron chi connectivity index (χ1n) is 4.46. The van der Waals surface area contributed by atoms with Gasteiger partial charge in [-0.2, -0.15) is 0 Å². The summed E-state index contributed by atoms with van der Waals surface area (Å²) < 4.78 is 0. The molecule has 1 aromatic rings. The molecule has 0 N–H and O–H groups in total. The van der Waals surface area contributed by atoms with E-state index in [1.54, 1.807) is 0 Å². The molecule has 1 aromatic heterocycles. The Morgan fingerprint density at radius 1 is 1.50 bits per heavy atom. The molecule has 0 aliphatic heterocycles. The number of fused-ring (bicyclic) bond motifs is 1. The summed E-state index contributed by atoms with van der Waals surface area (Å²) in [6.45, 7) is 2.28. The van der Waals surface area contributed by atoms with E-state index in [4.69, 9.17) is 0 Å². The van der Waals surface area contributed by atoms with Gasteiger partial charge in [-0.1, -0.05) is 19.1 Å². The molecular formula is C11H13N. The van der Waals surface area contributed by atoms with Crippen LogP contribution in [0.5, 0.6) is 0 Å². The van der Waals surface area contributed by atoms with Crippen LogP contribution in [0, 0.1) is 5.92 Å². The van der Waals surface area contributed by atoms with E-state index in [1.165, 1.54) is 12.0 Å². The second-order valence-electron chi connectivity index (χ2n) is 3.50. The van der Waals surface area contributed by atoms with Crippen molar-refractivity contribution in [2.45, 2.75) is 19.8 Å². The van der Waals surface area contributed by atoms with Crippen LogP contribution in [0.1, 0.15) is 24.6 Å². The van der Waals surface area contributed by atoms with E-state index in [9.17, 15) is 0 Å². The third kappa shape index (κ3) is 1.40. The van der Waals surface area contributed by atoms with Crippen molar-refractivity contribution in [3.63, 3.8) is 0 Å². The van der Waals surface area contributed by atoms with Crippen molar-refractivity contribution in [2.75, 3.05) is 0 Å². The average Bonchev–Trinajstić information content (AvgIpc) is 2.25. The highest BCUT2D eigenvalue weighted by molar-refractivity contribution is 5.50. The molecule has 0 bridgehead atoms. The minimum atomic E-state index is 0.756. The van der Waals surface area contributed by atoms with E-state index in [2.05, 4.69) is 30.1 Å². The first-order chi connectivity index (χ1) is 5.86. The van der Waals surface area contributed by atoms with Gasteiger partial charge in [-0.05, 0) is 36.5 Å². The SMILES string of the molecule is CC1CC=Cc2ncccc2C1. The molecule has 0 aromatic carbocycles. The van der Waals surface area contributed by atoms with Crippen molar-refractivity contribution < 1.29 is 0 Å². The standard InChI is InChI=1S/C11H13N/c1-9-4-2-6-11-10(8-9)5-3-7-12-11/h2-3,5-7,9H,4,8H2,1H3. The minimum absolute atomic E-state index is 0.756. The normalized spacial score (nSPS) is 21.6. The molecule has 12 heavy (non-hydrogen) atoms. The third-order valence-electron chi connectivity index (χ3n) is 2.31. The van der Waals surface area contributed by atoms with Crippen LogP contribution in [0.15, 0.2) is 24.4 Å². The molecule has 1 heteroatoms. The summed E-state index contributed by atoms with van der Waals surface area (Å²) >= 11 is 0. The Labute approximate surface area is 73.1 Å². The summed E-state index contributed by atoms with van der Waals surface area (Å²) in [4.78, 5) is 4.33. The fourth-order valence-corrected chi connectivity index (χ4v) is 1.64. The summed E-state index contributed by atoms with van der Waals surface area (Å²) in [5.41, 5.74) is 2.54. The summed E-state index contributed by atoms with van der Waals surface area (Å²) in [6, 6.07) is 4.19. The van der Waals surface area contributed by atoms with Crippen LogP contribution >= 0.6 is 0 Å². The molecule has 1 nitrogen and oxygen atoms in total. The molecule has 1 atom stereocenters. The van der Waals surface area contributed by atoms with Gasteiger partial charge in [0.15, 0.2) is 0 Å². The molecular weight excluding hydrogens is 146 g/mol. The van der Waals surface area contributed by atoms with Gasteiger partial charge in [0.2, 0.25) is 0 Å². The monoisotopic (exact) mass is 159 g/mol. The average molecular weight is 159 g/mol. The lowest BCUT2D eigenvalue weighted by Crippen LogP contribution is -1.98. The Morgan fingerprint density at radius 3 is 3.33 bits per heavy atom. The van der Waals surface area contributed by atoms with Crippen LogP contribution in [-0.2, 0) is 6.42 Å². The van der Waals surface area contributed by atoms with Gasteiger partial charge in [0, 0.05) is 6.20 Å². The lowest BCUT2D eigenvalue weighted by molar-refractivity contribution is 0.593. The quantitative estimate of drug-likeness (QED) is 0.567. The lowest BCUT2D eigenvalue weighted by atomic mass is 10.0. The van der Waals surface area contributed by atoms with Crippen LogP contribution in [0.25, 0.3) is 6.08 Å². The molecule has 2 rings (SSSR count). The van der Waals surface area contributed by atoms with Gasteiger partial charge in [-0.3, -0.25) is 4.98 Å². The van der Waals surface area contributed by atoms with Crippen molar-refractivity contribution in [3.05, 3.63) is 35.7 Å². The molecule has 0 saturated carbocycles. The lowest BCUT2D eigenvalue weighted by Gasteiger charge is -2.06. The molecule has 0 radical (unpaired) electrons. The van der Waals surface area contributed by atoms with Gasteiger partial charge >= 0.3 is 0 Å². The number of rotatable bonds is 0. The molecule has 1 heterocycles. The topological polar surface area (TPSA) is 12.9 Å². The van der Waals surface area contributed by atoms with Gasteiger partial charge in [-0.15, -0.1) is 0 Å². The van der Waals surface area contributed by atoms with Crippen LogP contribution in [0.2, 0.25) is 0 Å². The van der Waals surface area contributed by atoms with Crippen LogP contribution in [0.3, 0.4) is 0 Å². The van der Waals surface area contributed by atoms with E-state index in [1.807, 2.05) is 12.3 Å². The Bertz CT molecular complexity index is 302. The number of hydrogen-bond acceptors (Lipinski definition) is 1. The second-order valence-corrected chi connectivity index (χ2v) is 3.50. The fourth-order valence-electron chi connectivity index (χ4n) is 1.64. The maximum atomic E-state index is 4.33. The summed E-state index contributed by atoms with van der Waals surface area (Å²) in [5.74, 6) is 0.756. The first kappa shape index (κ1) is 7.53. The molecule has 1 unspecified atom stereocenters. The Balaban J connectivity index is 2.41. The maximum Gasteiger partial charge on any atom is 0.0658 e. The molecule has 0 saturated heterocycles. The zero-order valence-corrected chi connectivity index (χ0v) is 7.33.